The lowest BCUT2D eigenvalue weighted by Gasteiger charge is -2.09. The van der Waals surface area contributed by atoms with Gasteiger partial charge in [0.25, 0.3) is 5.91 Å². The summed E-state index contributed by atoms with van der Waals surface area (Å²) in [5.74, 6) is 0.673. The van der Waals surface area contributed by atoms with Crippen molar-refractivity contribution in [1.82, 2.24) is 0 Å². The molecule has 4 aromatic rings. The molecule has 6 heteroatoms. The van der Waals surface area contributed by atoms with Gasteiger partial charge in [-0.25, -0.2) is 0 Å². The maximum absolute atomic E-state index is 12.5. The highest BCUT2D eigenvalue weighted by molar-refractivity contribution is 8.00. The number of thioether (sulfide) groups is 1. The molecule has 0 atom stereocenters. The van der Waals surface area contributed by atoms with E-state index in [2.05, 4.69) is 10.6 Å². The number of rotatable bonds is 7. The van der Waals surface area contributed by atoms with Gasteiger partial charge in [-0.3, -0.25) is 9.59 Å². The Morgan fingerprint density at radius 1 is 0.781 bits per heavy atom. The molecule has 160 valence electrons. The first-order valence-corrected chi connectivity index (χ1v) is 11.1. The molecule has 0 saturated carbocycles. The normalized spacial score (nSPS) is 10.5. The Labute approximate surface area is 190 Å². The van der Waals surface area contributed by atoms with Crippen LogP contribution < -0.4 is 15.4 Å². The monoisotopic (exact) mass is 442 g/mol. The second-order valence-electron chi connectivity index (χ2n) is 7.11. The van der Waals surface area contributed by atoms with Crippen molar-refractivity contribution < 1.29 is 14.3 Å². The lowest BCUT2D eigenvalue weighted by molar-refractivity contribution is -0.113. The van der Waals surface area contributed by atoms with E-state index < -0.39 is 0 Å². The average Bonchev–Trinajstić information content (AvgIpc) is 2.83. The standard InChI is InChI=1S/C26H22N2O3S/c1-31-23-13-10-19(11-14-23)26(30)28-21-7-4-8-24(16-21)32-17-25(29)27-22-12-9-18-5-2-3-6-20(18)15-22/h2-16H,17H2,1H3,(H,27,29)(H,28,30). The van der Waals surface area contributed by atoms with E-state index in [0.717, 1.165) is 21.4 Å². The molecule has 4 aromatic carbocycles. The van der Waals surface area contributed by atoms with Crippen LogP contribution in [0.4, 0.5) is 11.4 Å². The summed E-state index contributed by atoms with van der Waals surface area (Å²) in [6.07, 6.45) is 0. The number of amides is 2. The number of carbonyl (C=O) groups excluding carboxylic acids is 2. The van der Waals surface area contributed by atoms with Crippen molar-refractivity contribution in [2.24, 2.45) is 0 Å². The van der Waals surface area contributed by atoms with Crippen molar-refractivity contribution in [1.29, 1.82) is 0 Å². The number of benzene rings is 4. The van der Waals surface area contributed by atoms with Crippen LogP contribution in [-0.2, 0) is 4.79 Å². The summed E-state index contributed by atoms with van der Waals surface area (Å²) in [6.45, 7) is 0. The third-order valence-corrected chi connectivity index (χ3v) is 5.84. The zero-order valence-corrected chi connectivity index (χ0v) is 18.3. The summed E-state index contributed by atoms with van der Waals surface area (Å²) in [5.41, 5.74) is 1.99. The third kappa shape index (κ3) is 5.47. The van der Waals surface area contributed by atoms with Crippen LogP contribution in [-0.4, -0.2) is 24.7 Å². The molecule has 0 aliphatic rings. The van der Waals surface area contributed by atoms with Crippen LogP contribution >= 0.6 is 11.8 Å². The predicted molar refractivity (Wildman–Crippen MR) is 131 cm³/mol. The zero-order valence-electron chi connectivity index (χ0n) is 17.5. The quantitative estimate of drug-likeness (QED) is 0.353. The van der Waals surface area contributed by atoms with Crippen LogP contribution in [0.2, 0.25) is 0 Å². The Morgan fingerprint density at radius 2 is 1.53 bits per heavy atom. The van der Waals surface area contributed by atoms with E-state index in [1.54, 1.807) is 31.4 Å². The van der Waals surface area contributed by atoms with Gasteiger partial charge in [0.2, 0.25) is 5.91 Å². The Morgan fingerprint density at radius 3 is 2.31 bits per heavy atom. The highest BCUT2D eigenvalue weighted by atomic mass is 32.2. The summed E-state index contributed by atoms with van der Waals surface area (Å²) in [5, 5.41) is 8.04. The first-order valence-electron chi connectivity index (χ1n) is 10.1. The van der Waals surface area contributed by atoms with Gasteiger partial charge >= 0.3 is 0 Å². The fourth-order valence-electron chi connectivity index (χ4n) is 3.22. The zero-order chi connectivity index (χ0) is 22.3. The SMILES string of the molecule is COc1ccc(C(=O)Nc2cccc(SCC(=O)Nc3ccc4ccccc4c3)c2)cc1. The number of fused-ring (bicyclic) bond motifs is 1. The fourth-order valence-corrected chi connectivity index (χ4v) is 3.98. The molecule has 5 nitrogen and oxygen atoms in total. The highest BCUT2D eigenvalue weighted by Crippen LogP contribution is 2.23. The molecule has 0 saturated heterocycles. The van der Waals surface area contributed by atoms with Crippen LogP contribution in [0.5, 0.6) is 5.75 Å². The molecule has 0 fully saturated rings. The molecular weight excluding hydrogens is 420 g/mol. The first kappa shape index (κ1) is 21.5. The van der Waals surface area contributed by atoms with Gasteiger partial charge in [-0.1, -0.05) is 36.4 Å². The number of hydrogen-bond acceptors (Lipinski definition) is 4. The minimum atomic E-state index is -0.205. The van der Waals surface area contributed by atoms with Crippen LogP contribution in [0.1, 0.15) is 10.4 Å². The maximum Gasteiger partial charge on any atom is 0.255 e. The van der Waals surface area contributed by atoms with E-state index in [1.165, 1.54) is 11.8 Å². The number of anilines is 2. The van der Waals surface area contributed by atoms with Crippen molar-refractivity contribution in [2.75, 3.05) is 23.5 Å². The van der Waals surface area contributed by atoms with Crippen LogP contribution in [0.15, 0.2) is 95.9 Å². The van der Waals surface area contributed by atoms with Crippen molar-refractivity contribution in [3.05, 3.63) is 96.6 Å². The minimum Gasteiger partial charge on any atom is -0.497 e. The molecular formula is C26H22N2O3S. The Balaban J connectivity index is 1.33. The molecule has 4 rings (SSSR count). The topological polar surface area (TPSA) is 67.4 Å². The summed E-state index contributed by atoms with van der Waals surface area (Å²) in [6, 6.07) is 28.2. The van der Waals surface area contributed by atoms with Crippen molar-refractivity contribution in [2.45, 2.75) is 4.90 Å². The van der Waals surface area contributed by atoms with E-state index in [9.17, 15) is 9.59 Å². The molecule has 0 spiro atoms. The molecule has 0 aliphatic heterocycles. The number of hydrogen-bond donors (Lipinski definition) is 2. The summed E-state index contributed by atoms with van der Waals surface area (Å²) < 4.78 is 5.12. The maximum atomic E-state index is 12.5. The van der Waals surface area contributed by atoms with Gasteiger partial charge in [0.15, 0.2) is 0 Å². The molecule has 2 amide bonds. The molecule has 0 aromatic heterocycles. The van der Waals surface area contributed by atoms with E-state index >= 15 is 0 Å². The van der Waals surface area contributed by atoms with Crippen molar-refractivity contribution in [3.63, 3.8) is 0 Å². The van der Waals surface area contributed by atoms with Gasteiger partial charge in [-0.15, -0.1) is 11.8 Å². The minimum absolute atomic E-state index is 0.0852. The van der Waals surface area contributed by atoms with Crippen LogP contribution in [0.3, 0.4) is 0 Å². The van der Waals surface area contributed by atoms with Gasteiger partial charge < -0.3 is 15.4 Å². The number of ether oxygens (including phenoxy) is 1. The number of methoxy groups -OCH3 is 1. The Kier molecular flexibility index (Phi) is 6.72. The molecule has 0 heterocycles. The Hall–Kier alpha value is -3.77. The first-order chi connectivity index (χ1) is 15.6. The Bertz CT molecular complexity index is 1260. The summed E-state index contributed by atoms with van der Waals surface area (Å²) in [4.78, 5) is 25.8. The number of carbonyl (C=O) groups is 2. The molecule has 0 radical (unpaired) electrons. The second kappa shape index (κ2) is 10.0. The summed E-state index contributed by atoms with van der Waals surface area (Å²) in [7, 11) is 1.58. The van der Waals surface area contributed by atoms with Crippen LogP contribution in [0.25, 0.3) is 10.8 Å². The summed E-state index contributed by atoms with van der Waals surface area (Å²) >= 11 is 1.41. The smallest absolute Gasteiger partial charge is 0.255 e. The van der Waals surface area contributed by atoms with Gasteiger partial charge in [0.05, 0.1) is 12.9 Å². The fraction of sp³-hybridized carbons (Fsp3) is 0.0769. The van der Waals surface area contributed by atoms with E-state index in [4.69, 9.17) is 4.74 Å². The van der Waals surface area contributed by atoms with Gasteiger partial charge in [0, 0.05) is 21.8 Å². The highest BCUT2D eigenvalue weighted by Gasteiger charge is 2.08. The van der Waals surface area contributed by atoms with Gasteiger partial charge in [-0.2, -0.15) is 0 Å². The van der Waals surface area contributed by atoms with E-state index in [1.807, 2.05) is 66.7 Å². The van der Waals surface area contributed by atoms with Crippen molar-refractivity contribution in [3.8, 4) is 5.75 Å². The molecule has 0 unspecified atom stereocenters. The van der Waals surface area contributed by atoms with Gasteiger partial charge in [0.1, 0.15) is 5.75 Å². The van der Waals surface area contributed by atoms with E-state index in [0.29, 0.717) is 17.0 Å². The second-order valence-corrected chi connectivity index (χ2v) is 8.16. The number of nitrogens with one attached hydrogen (secondary N) is 2. The molecule has 0 bridgehead atoms. The predicted octanol–water partition coefficient (Wildman–Crippen LogP) is 5.83. The third-order valence-electron chi connectivity index (χ3n) is 4.85. The van der Waals surface area contributed by atoms with Crippen LogP contribution in [0, 0.1) is 0 Å². The van der Waals surface area contributed by atoms with Crippen molar-refractivity contribution >= 4 is 45.7 Å². The lowest BCUT2D eigenvalue weighted by atomic mass is 10.1. The van der Waals surface area contributed by atoms with Gasteiger partial charge in [-0.05, 0) is 65.4 Å². The lowest BCUT2D eigenvalue weighted by Crippen LogP contribution is -2.14. The molecule has 32 heavy (non-hydrogen) atoms. The molecule has 2 N–H and O–H groups in total. The largest absolute Gasteiger partial charge is 0.497 e. The van der Waals surface area contributed by atoms with E-state index in [-0.39, 0.29) is 17.6 Å². The molecule has 0 aliphatic carbocycles. The average molecular weight is 443 g/mol.